The van der Waals surface area contributed by atoms with Crippen molar-refractivity contribution in [1.82, 2.24) is 4.90 Å². The van der Waals surface area contributed by atoms with Crippen LogP contribution in [-0.2, 0) is 11.2 Å². The molecule has 2 unspecified atom stereocenters. The van der Waals surface area contributed by atoms with E-state index in [-0.39, 0.29) is 5.91 Å². The number of amides is 1. The Hall–Kier alpha value is -1.35. The summed E-state index contributed by atoms with van der Waals surface area (Å²) in [6.45, 7) is 5.76. The molecule has 1 aromatic rings. The lowest BCUT2D eigenvalue weighted by molar-refractivity contribution is -0.135. The lowest BCUT2D eigenvalue weighted by Gasteiger charge is -2.37. The SMILES string of the molecule is Cc1cccc(CCC(=O)N2CC(CN)CCC2C)c1. The Bertz CT molecular complexity index is 458. The largest absolute Gasteiger partial charge is 0.340 e. The molecule has 110 valence electrons. The van der Waals surface area contributed by atoms with Gasteiger partial charge < -0.3 is 10.6 Å². The van der Waals surface area contributed by atoms with E-state index in [4.69, 9.17) is 5.73 Å². The summed E-state index contributed by atoms with van der Waals surface area (Å²) >= 11 is 0. The van der Waals surface area contributed by atoms with Gasteiger partial charge in [-0.1, -0.05) is 29.8 Å². The molecule has 1 fully saturated rings. The monoisotopic (exact) mass is 274 g/mol. The van der Waals surface area contributed by atoms with Crippen LogP contribution in [-0.4, -0.2) is 29.9 Å². The first-order chi connectivity index (χ1) is 9.60. The van der Waals surface area contributed by atoms with E-state index in [0.717, 1.165) is 25.8 Å². The molecular formula is C17H26N2O. The molecule has 0 aromatic heterocycles. The van der Waals surface area contributed by atoms with Gasteiger partial charge in [0.2, 0.25) is 5.91 Å². The zero-order chi connectivity index (χ0) is 14.5. The molecule has 2 rings (SSSR count). The summed E-state index contributed by atoms with van der Waals surface area (Å²) in [5.41, 5.74) is 8.26. The summed E-state index contributed by atoms with van der Waals surface area (Å²) in [7, 11) is 0. The van der Waals surface area contributed by atoms with Crippen LogP contribution in [0.3, 0.4) is 0 Å². The fourth-order valence-corrected chi connectivity index (χ4v) is 2.98. The summed E-state index contributed by atoms with van der Waals surface area (Å²) in [5, 5.41) is 0. The van der Waals surface area contributed by atoms with Crippen molar-refractivity contribution >= 4 is 5.91 Å². The van der Waals surface area contributed by atoms with Crippen molar-refractivity contribution in [2.45, 2.75) is 45.6 Å². The summed E-state index contributed by atoms with van der Waals surface area (Å²) in [4.78, 5) is 14.5. The summed E-state index contributed by atoms with van der Waals surface area (Å²) in [6, 6.07) is 8.77. The number of rotatable bonds is 4. The maximum absolute atomic E-state index is 12.4. The Labute approximate surface area is 122 Å². The van der Waals surface area contributed by atoms with Gasteiger partial charge in [-0.05, 0) is 51.1 Å². The van der Waals surface area contributed by atoms with Crippen LogP contribution in [0.4, 0.5) is 0 Å². The van der Waals surface area contributed by atoms with E-state index in [9.17, 15) is 4.79 Å². The highest BCUT2D eigenvalue weighted by Crippen LogP contribution is 2.22. The van der Waals surface area contributed by atoms with Crippen molar-refractivity contribution in [3.63, 3.8) is 0 Å². The molecule has 1 aromatic carbocycles. The second-order valence-electron chi connectivity index (χ2n) is 6.06. The molecule has 0 aliphatic carbocycles. The van der Waals surface area contributed by atoms with E-state index >= 15 is 0 Å². The number of nitrogens with zero attached hydrogens (tertiary/aromatic N) is 1. The Morgan fingerprint density at radius 2 is 2.20 bits per heavy atom. The smallest absolute Gasteiger partial charge is 0.223 e. The molecule has 2 N–H and O–H groups in total. The van der Waals surface area contributed by atoms with Crippen LogP contribution < -0.4 is 5.73 Å². The van der Waals surface area contributed by atoms with E-state index in [1.807, 2.05) is 4.90 Å². The number of hydrogen-bond donors (Lipinski definition) is 1. The van der Waals surface area contributed by atoms with E-state index in [1.165, 1.54) is 11.1 Å². The van der Waals surface area contributed by atoms with E-state index in [2.05, 4.69) is 38.1 Å². The lowest BCUT2D eigenvalue weighted by atomic mass is 9.93. The third-order valence-electron chi connectivity index (χ3n) is 4.34. The zero-order valence-electron chi connectivity index (χ0n) is 12.6. The van der Waals surface area contributed by atoms with Gasteiger partial charge in [-0.25, -0.2) is 0 Å². The van der Waals surface area contributed by atoms with Crippen LogP contribution in [0, 0.1) is 12.8 Å². The molecule has 3 heteroatoms. The average Bonchev–Trinajstić information content (AvgIpc) is 2.45. The topological polar surface area (TPSA) is 46.3 Å². The predicted molar refractivity (Wildman–Crippen MR) is 82.5 cm³/mol. The first-order valence-electron chi connectivity index (χ1n) is 7.65. The molecule has 1 amide bonds. The Kier molecular flexibility index (Phi) is 5.18. The van der Waals surface area contributed by atoms with Gasteiger partial charge in [-0.2, -0.15) is 0 Å². The molecule has 0 radical (unpaired) electrons. The van der Waals surface area contributed by atoms with Gasteiger partial charge >= 0.3 is 0 Å². The van der Waals surface area contributed by atoms with Gasteiger partial charge in [-0.3, -0.25) is 4.79 Å². The number of nitrogens with two attached hydrogens (primary N) is 1. The van der Waals surface area contributed by atoms with Gasteiger partial charge in [0.15, 0.2) is 0 Å². The first kappa shape index (κ1) is 15.0. The van der Waals surface area contributed by atoms with Crippen molar-refractivity contribution in [2.75, 3.05) is 13.1 Å². The Morgan fingerprint density at radius 1 is 1.40 bits per heavy atom. The van der Waals surface area contributed by atoms with Crippen molar-refractivity contribution in [1.29, 1.82) is 0 Å². The van der Waals surface area contributed by atoms with E-state index in [0.29, 0.717) is 24.9 Å². The maximum Gasteiger partial charge on any atom is 0.223 e. The molecule has 0 bridgehead atoms. The molecule has 20 heavy (non-hydrogen) atoms. The second-order valence-corrected chi connectivity index (χ2v) is 6.06. The number of benzene rings is 1. The molecule has 1 heterocycles. The number of hydrogen-bond acceptors (Lipinski definition) is 2. The molecular weight excluding hydrogens is 248 g/mol. The standard InChI is InChI=1S/C17H26N2O/c1-13-4-3-5-15(10-13)8-9-17(20)19-12-16(11-18)7-6-14(19)2/h3-5,10,14,16H,6-9,11-12,18H2,1-2H3. The molecule has 0 spiro atoms. The average molecular weight is 274 g/mol. The molecule has 1 aliphatic heterocycles. The van der Waals surface area contributed by atoms with Gasteiger partial charge in [0.1, 0.15) is 0 Å². The lowest BCUT2D eigenvalue weighted by Crippen LogP contribution is -2.47. The fraction of sp³-hybridized carbons (Fsp3) is 0.588. The van der Waals surface area contributed by atoms with Crippen LogP contribution >= 0.6 is 0 Å². The van der Waals surface area contributed by atoms with Gasteiger partial charge in [0.05, 0.1) is 0 Å². The molecule has 0 saturated carbocycles. The van der Waals surface area contributed by atoms with Crippen LogP contribution in [0.2, 0.25) is 0 Å². The third kappa shape index (κ3) is 3.83. The highest BCUT2D eigenvalue weighted by Gasteiger charge is 2.27. The fourth-order valence-electron chi connectivity index (χ4n) is 2.98. The number of carbonyl (C=O) groups excluding carboxylic acids is 1. The summed E-state index contributed by atoms with van der Waals surface area (Å²) in [5.74, 6) is 0.756. The van der Waals surface area contributed by atoms with Crippen LogP contribution in [0.5, 0.6) is 0 Å². The number of piperidine rings is 1. The second kappa shape index (κ2) is 6.89. The van der Waals surface area contributed by atoms with Crippen LogP contribution in [0.15, 0.2) is 24.3 Å². The minimum absolute atomic E-state index is 0.275. The highest BCUT2D eigenvalue weighted by atomic mass is 16.2. The Morgan fingerprint density at radius 3 is 2.90 bits per heavy atom. The summed E-state index contributed by atoms with van der Waals surface area (Å²) < 4.78 is 0. The van der Waals surface area contributed by atoms with Gasteiger partial charge in [0, 0.05) is 19.0 Å². The number of carbonyl (C=O) groups is 1. The molecule has 1 saturated heterocycles. The molecule has 2 atom stereocenters. The van der Waals surface area contributed by atoms with Gasteiger partial charge in [0.25, 0.3) is 0 Å². The van der Waals surface area contributed by atoms with Crippen molar-refractivity contribution in [3.05, 3.63) is 35.4 Å². The quantitative estimate of drug-likeness (QED) is 0.917. The summed E-state index contributed by atoms with van der Waals surface area (Å²) in [6.07, 6.45) is 3.67. The zero-order valence-corrected chi connectivity index (χ0v) is 12.6. The van der Waals surface area contributed by atoms with Gasteiger partial charge in [-0.15, -0.1) is 0 Å². The van der Waals surface area contributed by atoms with E-state index < -0.39 is 0 Å². The first-order valence-corrected chi connectivity index (χ1v) is 7.65. The molecule has 1 aliphatic rings. The third-order valence-corrected chi connectivity index (χ3v) is 4.34. The van der Waals surface area contributed by atoms with Crippen molar-refractivity contribution < 1.29 is 4.79 Å². The van der Waals surface area contributed by atoms with Crippen molar-refractivity contribution in [2.24, 2.45) is 11.7 Å². The van der Waals surface area contributed by atoms with Crippen molar-refractivity contribution in [3.8, 4) is 0 Å². The number of aryl methyl sites for hydroxylation is 2. The number of likely N-dealkylation sites (tertiary alicyclic amines) is 1. The predicted octanol–water partition coefficient (Wildman–Crippen LogP) is 2.51. The van der Waals surface area contributed by atoms with Crippen LogP contribution in [0.25, 0.3) is 0 Å². The van der Waals surface area contributed by atoms with Crippen LogP contribution in [0.1, 0.15) is 37.3 Å². The minimum atomic E-state index is 0.275. The minimum Gasteiger partial charge on any atom is -0.340 e. The van der Waals surface area contributed by atoms with E-state index in [1.54, 1.807) is 0 Å². The normalized spacial score (nSPS) is 22.9. The Balaban J connectivity index is 1.90. The molecule has 3 nitrogen and oxygen atoms in total. The maximum atomic E-state index is 12.4. The highest BCUT2D eigenvalue weighted by molar-refractivity contribution is 5.77.